The van der Waals surface area contributed by atoms with E-state index < -0.39 is 0 Å². The Labute approximate surface area is 104 Å². The molecule has 0 aliphatic heterocycles. The predicted octanol–water partition coefficient (Wildman–Crippen LogP) is 2.97. The van der Waals surface area contributed by atoms with E-state index in [9.17, 15) is 0 Å². The van der Waals surface area contributed by atoms with Gasteiger partial charge in [0.15, 0.2) is 0 Å². The molecule has 94 valence electrons. The van der Waals surface area contributed by atoms with Crippen LogP contribution in [0.15, 0.2) is 24.3 Å². The highest BCUT2D eigenvalue weighted by molar-refractivity contribution is 5.41. The monoisotopic (exact) mass is 233 g/mol. The van der Waals surface area contributed by atoms with Crippen molar-refractivity contribution in [1.29, 1.82) is 0 Å². The molecular weight excluding hydrogens is 210 g/mol. The van der Waals surface area contributed by atoms with Gasteiger partial charge in [-0.15, -0.1) is 0 Å². The number of likely N-dealkylation sites (N-methyl/N-ethyl adjacent to an activating group) is 1. The number of benzene rings is 1. The third-order valence-corrected chi connectivity index (χ3v) is 4.34. The molecule has 0 saturated heterocycles. The Morgan fingerprint density at radius 3 is 2.76 bits per heavy atom. The summed E-state index contributed by atoms with van der Waals surface area (Å²) in [5.74, 6) is 1.75. The smallest absolute Gasteiger partial charge is 0.122 e. The van der Waals surface area contributed by atoms with Crippen LogP contribution in [0.1, 0.15) is 31.7 Å². The Morgan fingerprint density at radius 2 is 2.18 bits per heavy atom. The number of methoxy groups -OCH3 is 1. The van der Waals surface area contributed by atoms with Crippen molar-refractivity contribution >= 4 is 0 Å². The minimum Gasteiger partial charge on any atom is -0.496 e. The molecule has 17 heavy (non-hydrogen) atoms. The van der Waals surface area contributed by atoms with Gasteiger partial charge in [-0.25, -0.2) is 0 Å². The standard InChI is InChI=1S/C15H23NO/c1-12-7-6-10-15(12,11-16-2)13-8-4-5-9-14(13)17-3/h4-5,8-9,12,16H,6-7,10-11H2,1-3H3. The first-order valence-corrected chi connectivity index (χ1v) is 6.52. The van der Waals surface area contributed by atoms with E-state index >= 15 is 0 Å². The highest BCUT2D eigenvalue weighted by Crippen LogP contribution is 2.47. The van der Waals surface area contributed by atoms with E-state index in [1.165, 1.54) is 24.8 Å². The summed E-state index contributed by atoms with van der Waals surface area (Å²) >= 11 is 0. The second kappa shape index (κ2) is 5.09. The zero-order valence-electron chi connectivity index (χ0n) is 11.1. The van der Waals surface area contributed by atoms with Crippen LogP contribution in [-0.4, -0.2) is 20.7 Å². The van der Waals surface area contributed by atoms with Crippen LogP contribution in [0, 0.1) is 5.92 Å². The van der Waals surface area contributed by atoms with Crippen molar-refractivity contribution in [2.45, 2.75) is 31.6 Å². The Hall–Kier alpha value is -1.02. The summed E-state index contributed by atoms with van der Waals surface area (Å²) in [4.78, 5) is 0. The average molecular weight is 233 g/mol. The minimum absolute atomic E-state index is 0.251. The Bertz CT molecular complexity index is 377. The maximum atomic E-state index is 5.55. The maximum Gasteiger partial charge on any atom is 0.122 e. The number of hydrogen-bond acceptors (Lipinski definition) is 2. The molecule has 1 aliphatic rings. The summed E-state index contributed by atoms with van der Waals surface area (Å²) in [6.07, 6.45) is 3.90. The Kier molecular flexibility index (Phi) is 3.72. The molecule has 0 amide bonds. The van der Waals surface area contributed by atoms with Gasteiger partial charge in [0, 0.05) is 17.5 Å². The van der Waals surface area contributed by atoms with Crippen molar-refractivity contribution in [3.05, 3.63) is 29.8 Å². The molecule has 1 fully saturated rings. The van der Waals surface area contributed by atoms with Crippen LogP contribution in [0.25, 0.3) is 0 Å². The largest absolute Gasteiger partial charge is 0.496 e. The average Bonchev–Trinajstić information content (AvgIpc) is 2.72. The zero-order chi connectivity index (χ0) is 12.3. The van der Waals surface area contributed by atoms with Crippen LogP contribution in [0.4, 0.5) is 0 Å². The summed E-state index contributed by atoms with van der Waals surface area (Å²) in [5, 5.41) is 3.38. The first kappa shape index (κ1) is 12.4. The zero-order valence-corrected chi connectivity index (χ0v) is 11.1. The van der Waals surface area contributed by atoms with Gasteiger partial charge in [-0.1, -0.05) is 31.5 Å². The van der Waals surface area contributed by atoms with Gasteiger partial charge < -0.3 is 10.1 Å². The third-order valence-electron chi connectivity index (χ3n) is 4.34. The second-order valence-corrected chi connectivity index (χ2v) is 5.18. The van der Waals surface area contributed by atoms with E-state index in [4.69, 9.17) is 4.74 Å². The van der Waals surface area contributed by atoms with E-state index in [2.05, 4.69) is 36.5 Å². The van der Waals surface area contributed by atoms with E-state index in [1.807, 2.05) is 7.05 Å². The first-order chi connectivity index (χ1) is 8.24. The Balaban J connectivity index is 2.45. The van der Waals surface area contributed by atoms with Gasteiger partial charge in [-0.3, -0.25) is 0 Å². The van der Waals surface area contributed by atoms with Crippen molar-refractivity contribution in [3.8, 4) is 5.75 Å². The van der Waals surface area contributed by atoms with E-state index in [0.29, 0.717) is 5.92 Å². The fraction of sp³-hybridized carbons (Fsp3) is 0.600. The molecule has 0 radical (unpaired) electrons. The van der Waals surface area contributed by atoms with Crippen LogP contribution in [0.2, 0.25) is 0 Å². The normalized spacial score (nSPS) is 28.3. The lowest BCUT2D eigenvalue weighted by atomic mass is 9.72. The molecule has 0 spiro atoms. The van der Waals surface area contributed by atoms with Crippen LogP contribution >= 0.6 is 0 Å². The molecular formula is C15H23NO. The molecule has 1 aromatic carbocycles. The molecule has 1 N–H and O–H groups in total. The van der Waals surface area contributed by atoms with E-state index in [-0.39, 0.29) is 5.41 Å². The summed E-state index contributed by atoms with van der Waals surface area (Å²) in [5.41, 5.74) is 1.63. The Morgan fingerprint density at radius 1 is 1.41 bits per heavy atom. The second-order valence-electron chi connectivity index (χ2n) is 5.18. The fourth-order valence-corrected chi connectivity index (χ4v) is 3.38. The summed E-state index contributed by atoms with van der Waals surface area (Å²) < 4.78 is 5.55. The topological polar surface area (TPSA) is 21.3 Å². The van der Waals surface area contributed by atoms with E-state index in [0.717, 1.165) is 12.3 Å². The van der Waals surface area contributed by atoms with E-state index in [1.54, 1.807) is 7.11 Å². The van der Waals surface area contributed by atoms with Gasteiger partial charge in [0.2, 0.25) is 0 Å². The van der Waals surface area contributed by atoms with Crippen molar-refractivity contribution in [2.24, 2.45) is 5.92 Å². The quantitative estimate of drug-likeness (QED) is 0.863. The SMILES string of the molecule is CNCC1(c2ccccc2OC)CCCC1C. The lowest BCUT2D eigenvalue weighted by molar-refractivity contribution is 0.307. The third kappa shape index (κ3) is 2.06. The molecule has 2 nitrogen and oxygen atoms in total. The van der Waals surface area contributed by atoms with Crippen LogP contribution in [-0.2, 0) is 5.41 Å². The van der Waals surface area contributed by atoms with Crippen LogP contribution < -0.4 is 10.1 Å². The van der Waals surface area contributed by atoms with Gasteiger partial charge in [-0.05, 0) is 31.9 Å². The number of para-hydroxylation sites is 1. The fourth-order valence-electron chi connectivity index (χ4n) is 3.38. The van der Waals surface area contributed by atoms with Gasteiger partial charge in [0.1, 0.15) is 5.75 Å². The van der Waals surface area contributed by atoms with Crippen molar-refractivity contribution in [3.63, 3.8) is 0 Å². The molecule has 1 aliphatic carbocycles. The molecule has 0 heterocycles. The molecule has 2 heteroatoms. The van der Waals surface area contributed by atoms with Crippen LogP contribution in [0.5, 0.6) is 5.75 Å². The van der Waals surface area contributed by atoms with Crippen molar-refractivity contribution < 1.29 is 4.74 Å². The van der Waals surface area contributed by atoms with Crippen LogP contribution in [0.3, 0.4) is 0 Å². The lowest BCUT2D eigenvalue weighted by Crippen LogP contribution is -2.39. The predicted molar refractivity (Wildman–Crippen MR) is 71.6 cm³/mol. The van der Waals surface area contributed by atoms with Gasteiger partial charge in [0.25, 0.3) is 0 Å². The highest BCUT2D eigenvalue weighted by Gasteiger charge is 2.42. The molecule has 0 aromatic heterocycles. The summed E-state index contributed by atoms with van der Waals surface area (Å²) in [6, 6.07) is 8.49. The molecule has 2 atom stereocenters. The molecule has 1 saturated carbocycles. The minimum atomic E-state index is 0.251. The van der Waals surface area contributed by atoms with Gasteiger partial charge >= 0.3 is 0 Å². The molecule has 2 rings (SSSR count). The highest BCUT2D eigenvalue weighted by atomic mass is 16.5. The molecule has 0 bridgehead atoms. The summed E-state index contributed by atoms with van der Waals surface area (Å²) in [7, 11) is 3.81. The number of hydrogen-bond donors (Lipinski definition) is 1. The van der Waals surface area contributed by atoms with Crippen molar-refractivity contribution in [2.75, 3.05) is 20.7 Å². The number of rotatable bonds is 4. The maximum absolute atomic E-state index is 5.55. The number of ether oxygens (including phenoxy) is 1. The van der Waals surface area contributed by atoms with Gasteiger partial charge in [0.05, 0.1) is 7.11 Å². The molecule has 2 unspecified atom stereocenters. The number of nitrogens with one attached hydrogen (secondary N) is 1. The lowest BCUT2D eigenvalue weighted by Gasteiger charge is -2.35. The summed E-state index contributed by atoms with van der Waals surface area (Å²) in [6.45, 7) is 3.41. The first-order valence-electron chi connectivity index (χ1n) is 6.52. The van der Waals surface area contributed by atoms with Crippen molar-refractivity contribution in [1.82, 2.24) is 5.32 Å². The molecule has 1 aromatic rings. The van der Waals surface area contributed by atoms with Gasteiger partial charge in [-0.2, -0.15) is 0 Å².